The highest BCUT2D eigenvalue weighted by atomic mass is 32.2. The molecule has 0 spiro atoms. The number of hydrogen-bond donors (Lipinski definition) is 1. The summed E-state index contributed by atoms with van der Waals surface area (Å²) in [4.78, 5) is 25.8. The lowest BCUT2D eigenvalue weighted by Crippen LogP contribution is -2.46. The molecule has 5 nitrogen and oxygen atoms in total. The Morgan fingerprint density at radius 1 is 1.35 bits per heavy atom. The van der Waals surface area contributed by atoms with E-state index >= 15 is 0 Å². The predicted molar refractivity (Wildman–Crippen MR) is 89.8 cm³/mol. The van der Waals surface area contributed by atoms with E-state index in [1.54, 1.807) is 4.90 Å². The molecule has 1 aliphatic rings. The van der Waals surface area contributed by atoms with E-state index in [1.807, 2.05) is 12.1 Å². The molecule has 0 saturated carbocycles. The van der Waals surface area contributed by atoms with Crippen LogP contribution in [0.4, 0.5) is 0 Å². The lowest BCUT2D eigenvalue weighted by atomic mass is 10.0. The van der Waals surface area contributed by atoms with Crippen molar-refractivity contribution in [1.29, 1.82) is 0 Å². The molecule has 1 unspecified atom stereocenters. The Kier molecular flexibility index (Phi) is 6.47. The van der Waals surface area contributed by atoms with E-state index in [0.29, 0.717) is 31.4 Å². The largest absolute Gasteiger partial charge is 0.481 e. The van der Waals surface area contributed by atoms with Gasteiger partial charge in [0.05, 0.1) is 24.9 Å². The predicted octanol–water partition coefficient (Wildman–Crippen LogP) is 2.60. The van der Waals surface area contributed by atoms with Gasteiger partial charge < -0.3 is 14.7 Å². The number of carboxylic acid groups (broad SMARTS) is 1. The average molecular weight is 337 g/mol. The van der Waals surface area contributed by atoms with Crippen LogP contribution in [0.5, 0.6) is 0 Å². The maximum atomic E-state index is 12.3. The van der Waals surface area contributed by atoms with Crippen molar-refractivity contribution in [1.82, 2.24) is 4.90 Å². The number of hydrogen-bond acceptors (Lipinski definition) is 4. The van der Waals surface area contributed by atoms with Gasteiger partial charge in [-0.2, -0.15) is 0 Å². The van der Waals surface area contributed by atoms with Crippen molar-refractivity contribution in [2.45, 2.75) is 37.2 Å². The van der Waals surface area contributed by atoms with E-state index in [4.69, 9.17) is 9.84 Å². The third kappa shape index (κ3) is 5.55. The second-order valence-corrected chi connectivity index (χ2v) is 6.99. The number of morpholine rings is 1. The number of benzene rings is 1. The van der Waals surface area contributed by atoms with Gasteiger partial charge in [0.2, 0.25) is 5.91 Å². The smallest absolute Gasteiger partial charge is 0.306 e. The molecule has 1 saturated heterocycles. The molecule has 1 aliphatic heterocycles. The summed E-state index contributed by atoms with van der Waals surface area (Å²) in [6.45, 7) is 5.59. The first kappa shape index (κ1) is 17.8. The minimum atomic E-state index is -0.899. The zero-order valence-corrected chi connectivity index (χ0v) is 14.3. The number of aliphatic carboxylic acids is 1. The molecule has 0 bridgehead atoms. The number of carbonyl (C=O) groups is 2. The van der Waals surface area contributed by atoms with Crippen LogP contribution in [-0.4, -0.2) is 53.4 Å². The molecule has 1 amide bonds. The van der Waals surface area contributed by atoms with Gasteiger partial charge in [-0.3, -0.25) is 9.59 Å². The molecule has 6 heteroatoms. The van der Waals surface area contributed by atoms with Crippen molar-refractivity contribution in [3.05, 3.63) is 29.8 Å². The second-order valence-electron chi connectivity index (χ2n) is 5.94. The Morgan fingerprint density at radius 3 is 2.65 bits per heavy atom. The van der Waals surface area contributed by atoms with E-state index < -0.39 is 12.1 Å². The van der Waals surface area contributed by atoms with Crippen LogP contribution >= 0.6 is 11.8 Å². The molecule has 1 atom stereocenters. The molecule has 2 rings (SSSR count). The van der Waals surface area contributed by atoms with Crippen LogP contribution in [0.3, 0.4) is 0 Å². The van der Waals surface area contributed by atoms with E-state index in [9.17, 15) is 9.59 Å². The van der Waals surface area contributed by atoms with Gasteiger partial charge in [0, 0.05) is 18.0 Å². The van der Waals surface area contributed by atoms with Crippen molar-refractivity contribution >= 4 is 23.6 Å². The quantitative estimate of drug-likeness (QED) is 0.808. The average Bonchev–Trinajstić information content (AvgIpc) is 2.52. The van der Waals surface area contributed by atoms with E-state index in [1.165, 1.54) is 17.3 Å². The SMILES string of the molecule is CC(C)c1ccc(SCC(=O)N2CCOC(CC(=O)O)C2)cc1. The lowest BCUT2D eigenvalue weighted by molar-refractivity contribution is -0.146. The second kappa shape index (κ2) is 8.36. The number of nitrogens with zero attached hydrogens (tertiary/aromatic N) is 1. The third-order valence-corrected chi connectivity index (χ3v) is 4.80. The molecule has 0 aromatic heterocycles. The number of rotatable bonds is 6. The topological polar surface area (TPSA) is 66.8 Å². The van der Waals surface area contributed by atoms with Crippen LogP contribution in [-0.2, 0) is 14.3 Å². The molecule has 1 aromatic carbocycles. The van der Waals surface area contributed by atoms with Gasteiger partial charge in [-0.25, -0.2) is 0 Å². The summed E-state index contributed by atoms with van der Waals surface area (Å²) in [6, 6.07) is 8.27. The summed E-state index contributed by atoms with van der Waals surface area (Å²) in [5.74, 6) is -0.0124. The van der Waals surface area contributed by atoms with Crippen LogP contribution in [0.25, 0.3) is 0 Å². The molecular formula is C17H23NO4S. The Balaban J connectivity index is 1.83. The number of carboxylic acids is 1. The van der Waals surface area contributed by atoms with Crippen LogP contribution in [0.2, 0.25) is 0 Å². The Hall–Kier alpha value is -1.53. The fourth-order valence-corrected chi connectivity index (χ4v) is 3.25. The van der Waals surface area contributed by atoms with E-state index in [2.05, 4.69) is 26.0 Å². The highest BCUT2D eigenvalue weighted by Crippen LogP contribution is 2.22. The molecule has 0 aliphatic carbocycles. The fourth-order valence-electron chi connectivity index (χ4n) is 2.45. The minimum absolute atomic E-state index is 0.0293. The molecular weight excluding hydrogens is 314 g/mol. The number of carbonyl (C=O) groups excluding carboxylic acids is 1. The van der Waals surface area contributed by atoms with Crippen molar-refractivity contribution in [3.8, 4) is 0 Å². The van der Waals surface area contributed by atoms with Crippen LogP contribution < -0.4 is 0 Å². The monoisotopic (exact) mass is 337 g/mol. The standard InChI is InChI=1S/C17H23NO4S/c1-12(2)13-3-5-15(6-4-13)23-11-16(19)18-7-8-22-14(10-18)9-17(20)21/h3-6,12,14H,7-11H2,1-2H3,(H,20,21). The van der Waals surface area contributed by atoms with Crippen molar-refractivity contribution in [2.24, 2.45) is 0 Å². The zero-order valence-electron chi connectivity index (χ0n) is 13.5. The molecule has 23 heavy (non-hydrogen) atoms. The van der Waals surface area contributed by atoms with Crippen molar-refractivity contribution < 1.29 is 19.4 Å². The first-order chi connectivity index (χ1) is 11.0. The fraction of sp³-hybridized carbons (Fsp3) is 0.529. The van der Waals surface area contributed by atoms with E-state index in [0.717, 1.165) is 4.90 Å². The third-order valence-electron chi connectivity index (χ3n) is 3.80. The first-order valence-electron chi connectivity index (χ1n) is 7.79. The maximum absolute atomic E-state index is 12.3. The number of thioether (sulfide) groups is 1. The van der Waals surface area contributed by atoms with Gasteiger partial charge in [-0.15, -0.1) is 11.8 Å². The summed E-state index contributed by atoms with van der Waals surface area (Å²) in [5, 5.41) is 8.82. The lowest BCUT2D eigenvalue weighted by Gasteiger charge is -2.32. The molecule has 126 valence electrons. The molecule has 1 heterocycles. The molecule has 0 radical (unpaired) electrons. The van der Waals surface area contributed by atoms with Gasteiger partial charge in [0.15, 0.2) is 0 Å². The summed E-state index contributed by atoms with van der Waals surface area (Å²) in [5.41, 5.74) is 1.28. The molecule has 1 N–H and O–H groups in total. The highest BCUT2D eigenvalue weighted by molar-refractivity contribution is 8.00. The van der Waals surface area contributed by atoms with E-state index in [-0.39, 0.29) is 12.3 Å². The van der Waals surface area contributed by atoms with Crippen LogP contribution in [0.15, 0.2) is 29.2 Å². The van der Waals surface area contributed by atoms with Crippen molar-refractivity contribution in [3.63, 3.8) is 0 Å². The van der Waals surface area contributed by atoms with Gasteiger partial charge in [-0.1, -0.05) is 26.0 Å². The number of amides is 1. The minimum Gasteiger partial charge on any atom is -0.481 e. The maximum Gasteiger partial charge on any atom is 0.306 e. The summed E-state index contributed by atoms with van der Waals surface area (Å²) >= 11 is 1.51. The van der Waals surface area contributed by atoms with Gasteiger partial charge in [0.25, 0.3) is 0 Å². The summed E-state index contributed by atoms with van der Waals surface area (Å²) < 4.78 is 5.39. The van der Waals surface area contributed by atoms with Crippen molar-refractivity contribution in [2.75, 3.05) is 25.4 Å². The Morgan fingerprint density at radius 2 is 2.04 bits per heavy atom. The summed E-state index contributed by atoms with van der Waals surface area (Å²) in [7, 11) is 0. The first-order valence-corrected chi connectivity index (χ1v) is 8.78. The highest BCUT2D eigenvalue weighted by Gasteiger charge is 2.25. The van der Waals surface area contributed by atoms with Gasteiger partial charge >= 0.3 is 5.97 Å². The van der Waals surface area contributed by atoms with Crippen LogP contribution in [0, 0.1) is 0 Å². The molecule has 1 fully saturated rings. The molecule has 1 aromatic rings. The number of ether oxygens (including phenoxy) is 1. The zero-order chi connectivity index (χ0) is 16.8. The Labute approximate surface area is 141 Å². The Bertz CT molecular complexity index is 544. The van der Waals surface area contributed by atoms with Gasteiger partial charge in [-0.05, 0) is 23.6 Å². The van der Waals surface area contributed by atoms with Crippen LogP contribution in [0.1, 0.15) is 31.7 Å². The summed E-state index contributed by atoms with van der Waals surface area (Å²) in [6.07, 6.45) is -0.464. The normalized spacial score (nSPS) is 18.2. The van der Waals surface area contributed by atoms with Gasteiger partial charge in [0.1, 0.15) is 0 Å².